The maximum Gasteiger partial charge on any atom is 0.433 e. The van der Waals surface area contributed by atoms with Crippen LogP contribution in [0.25, 0.3) is 10.9 Å². The van der Waals surface area contributed by atoms with E-state index in [4.69, 9.17) is 23.2 Å². The summed E-state index contributed by atoms with van der Waals surface area (Å²) in [5.41, 5.74) is 3.47. The third-order valence-corrected chi connectivity index (χ3v) is 6.71. The highest BCUT2D eigenvalue weighted by Crippen LogP contribution is 2.35. The molecule has 4 nitrogen and oxygen atoms in total. The number of nitrogens with one attached hydrogen (secondary N) is 2. The minimum Gasteiger partial charge on any atom is -0.380 e. The summed E-state index contributed by atoms with van der Waals surface area (Å²) in [4.78, 5) is 18.7. The molecule has 38 heavy (non-hydrogen) atoms. The van der Waals surface area contributed by atoms with Gasteiger partial charge in [0.25, 0.3) is 0 Å². The summed E-state index contributed by atoms with van der Waals surface area (Å²) in [7, 11) is 0. The average Bonchev–Trinajstić information content (AvgIpc) is 2.89. The van der Waals surface area contributed by atoms with E-state index in [-0.39, 0.29) is 18.0 Å². The number of H-pyrrole nitrogens is 1. The van der Waals surface area contributed by atoms with Gasteiger partial charge in [0.05, 0.1) is 5.52 Å². The lowest BCUT2D eigenvalue weighted by Gasteiger charge is -2.20. The summed E-state index contributed by atoms with van der Waals surface area (Å²) in [5.74, 6) is -0.146. The molecule has 0 aliphatic carbocycles. The number of nitrogens with zero attached hydrogens (tertiary/aromatic N) is 1. The Morgan fingerprint density at radius 3 is 1.97 bits per heavy atom. The van der Waals surface area contributed by atoms with Crippen LogP contribution in [-0.2, 0) is 12.7 Å². The van der Waals surface area contributed by atoms with E-state index < -0.39 is 11.9 Å². The van der Waals surface area contributed by atoms with E-state index in [0.717, 1.165) is 28.1 Å². The van der Waals surface area contributed by atoms with Gasteiger partial charge in [0.1, 0.15) is 5.69 Å². The molecular weight excluding hydrogens is 534 g/mol. The van der Waals surface area contributed by atoms with Gasteiger partial charge in [-0.3, -0.25) is 9.78 Å². The topological polar surface area (TPSA) is 57.8 Å². The fraction of sp³-hybridized carbons (Fsp3) is 0.103. The van der Waals surface area contributed by atoms with Gasteiger partial charge in [-0.1, -0.05) is 59.6 Å². The molecule has 2 aromatic heterocycles. The molecule has 0 spiro atoms. The molecule has 0 saturated carbocycles. The first-order valence-corrected chi connectivity index (χ1v) is 12.4. The first-order chi connectivity index (χ1) is 18.2. The number of fused-ring (bicyclic) bond motifs is 1. The Kier molecular flexibility index (Phi) is 7.15. The number of hydrogen-bond donors (Lipinski definition) is 2. The van der Waals surface area contributed by atoms with Crippen LogP contribution >= 0.6 is 23.2 Å². The summed E-state index contributed by atoms with van der Waals surface area (Å²) >= 11 is 12.3. The van der Waals surface area contributed by atoms with E-state index in [0.29, 0.717) is 26.8 Å². The smallest absolute Gasteiger partial charge is 0.380 e. The van der Waals surface area contributed by atoms with Crippen molar-refractivity contribution >= 4 is 39.8 Å². The van der Waals surface area contributed by atoms with Gasteiger partial charge in [0, 0.05) is 45.8 Å². The van der Waals surface area contributed by atoms with Crippen LogP contribution in [0, 0.1) is 0 Å². The van der Waals surface area contributed by atoms with Crippen LogP contribution in [0.2, 0.25) is 10.0 Å². The highest BCUT2D eigenvalue weighted by Gasteiger charge is 2.32. The number of pyridine rings is 2. The third-order valence-electron chi connectivity index (χ3n) is 6.21. The minimum atomic E-state index is -4.50. The molecule has 192 valence electrons. The van der Waals surface area contributed by atoms with Crippen LogP contribution in [-0.4, -0.2) is 9.97 Å². The molecule has 0 bridgehead atoms. The van der Waals surface area contributed by atoms with Crippen LogP contribution in [0.3, 0.4) is 0 Å². The second kappa shape index (κ2) is 10.5. The van der Waals surface area contributed by atoms with Gasteiger partial charge in [-0.15, -0.1) is 0 Å². The van der Waals surface area contributed by atoms with Crippen molar-refractivity contribution in [3.63, 3.8) is 0 Å². The normalized spacial score (nSPS) is 11.7. The van der Waals surface area contributed by atoms with E-state index in [1.807, 2.05) is 66.7 Å². The van der Waals surface area contributed by atoms with Crippen molar-refractivity contribution in [3.05, 3.63) is 139 Å². The van der Waals surface area contributed by atoms with Gasteiger partial charge in [0.15, 0.2) is 0 Å². The van der Waals surface area contributed by atoms with Gasteiger partial charge < -0.3 is 10.3 Å². The number of hydrogen-bond acceptors (Lipinski definition) is 3. The lowest BCUT2D eigenvalue weighted by atomic mass is 9.84. The van der Waals surface area contributed by atoms with Gasteiger partial charge in [-0.05, 0) is 64.7 Å². The van der Waals surface area contributed by atoms with Gasteiger partial charge in [0.2, 0.25) is 5.56 Å². The molecule has 5 rings (SSSR count). The van der Waals surface area contributed by atoms with E-state index >= 15 is 0 Å². The molecule has 3 aromatic carbocycles. The molecule has 0 fully saturated rings. The largest absolute Gasteiger partial charge is 0.433 e. The second-order valence-corrected chi connectivity index (χ2v) is 9.66. The molecule has 0 aliphatic rings. The molecule has 2 heterocycles. The number of aromatic amines is 1. The molecule has 0 aliphatic heterocycles. The van der Waals surface area contributed by atoms with Crippen molar-refractivity contribution in [1.29, 1.82) is 0 Å². The highest BCUT2D eigenvalue weighted by atomic mass is 35.5. The number of anilines is 1. The Morgan fingerprint density at radius 2 is 1.42 bits per heavy atom. The maximum absolute atomic E-state index is 12.8. The van der Waals surface area contributed by atoms with E-state index in [1.165, 1.54) is 18.3 Å². The van der Waals surface area contributed by atoms with E-state index in [9.17, 15) is 18.0 Å². The van der Waals surface area contributed by atoms with Crippen molar-refractivity contribution in [2.24, 2.45) is 0 Å². The van der Waals surface area contributed by atoms with Crippen LogP contribution in [0.5, 0.6) is 0 Å². The molecule has 9 heteroatoms. The van der Waals surface area contributed by atoms with Gasteiger partial charge in [-0.25, -0.2) is 0 Å². The van der Waals surface area contributed by atoms with Crippen molar-refractivity contribution in [2.75, 3.05) is 5.32 Å². The van der Waals surface area contributed by atoms with Gasteiger partial charge >= 0.3 is 6.18 Å². The van der Waals surface area contributed by atoms with E-state index in [1.54, 1.807) is 0 Å². The monoisotopic (exact) mass is 553 g/mol. The van der Waals surface area contributed by atoms with Crippen LogP contribution in [0.15, 0.2) is 95.9 Å². The molecule has 5 aromatic rings. The van der Waals surface area contributed by atoms with Crippen LogP contribution < -0.4 is 10.9 Å². The second-order valence-electron chi connectivity index (χ2n) is 8.79. The van der Waals surface area contributed by atoms with Crippen molar-refractivity contribution < 1.29 is 13.2 Å². The summed E-state index contributed by atoms with van der Waals surface area (Å²) in [6.07, 6.45) is -3.33. The summed E-state index contributed by atoms with van der Waals surface area (Å²) in [6, 6.07) is 24.7. The molecule has 0 unspecified atom stereocenters. The maximum atomic E-state index is 12.8. The van der Waals surface area contributed by atoms with Gasteiger partial charge in [-0.2, -0.15) is 13.2 Å². The molecule has 2 N–H and O–H groups in total. The zero-order valence-corrected chi connectivity index (χ0v) is 21.2. The van der Waals surface area contributed by atoms with Crippen molar-refractivity contribution in [1.82, 2.24) is 9.97 Å². The summed E-state index contributed by atoms with van der Waals surface area (Å²) in [6.45, 7) is 0.186. The van der Waals surface area contributed by atoms with E-state index in [2.05, 4.69) is 15.3 Å². The SMILES string of the molecule is O=c1cc(NCc2ccc(C(F)(F)F)nc2)c2cc(C(c3ccc(Cl)cc3)c3ccc(Cl)cc3)ccc2[nH]1. The molecule has 0 atom stereocenters. The Hall–Kier alpha value is -3.81. The molecule has 0 amide bonds. The molecule has 0 saturated heterocycles. The fourth-order valence-electron chi connectivity index (χ4n) is 4.38. The number of aromatic nitrogens is 2. The Balaban J connectivity index is 1.54. The lowest BCUT2D eigenvalue weighted by molar-refractivity contribution is -0.141. The first-order valence-electron chi connectivity index (χ1n) is 11.6. The predicted octanol–water partition coefficient (Wildman–Crippen LogP) is 8.04. The lowest BCUT2D eigenvalue weighted by Crippen LogP contribution is -2.11. The van der Waals surface area contributed by atoms with Crippen LogP contribution in [0.1, 0.15) is 33.9 Å². The number of halogens is 5. The average molecular weight is 554 g/mol. The summed E-state index contributed by atoms with van der Waals surface area (Å²) < 4.78 is 38.5. The number of alkyl halides is 3. The standard InChI is InChI=1S/C29H20Cl2F3N3O/c30-21-7-2-18(3-8-21)28(19-4-9-22(31)10-5-19)20-6-11-24-23(13-20)25(14-27(38)37-24)35-15-17-1-12-26(36-16-17)29(32,33)34/h1-14,16,28H,15H2,(H2,35,37,38). The number of rotatable bonds is 6. The highest BCUT2D eigenvalue weighted by molar-refractivity contribution is 6.30. The molecular formula is C29H20Cl2F3N3O. The number of benzene rings is 3. The zero-order valence-electron chi connectivity index (χ0n) is 19.7. The fourth-order valence-corrected chi connectivity index (χ4v) is 4.63. The minimum absolute atomic E-state index is 0.146. The summed E-state index contributed by atoms with van der Waals surface area (Å²) in [5, 5.41) is 5.20. The Bertz CT molecular complexity index is 1590. The zero-order chi connectivity index (χ0) is 26.9. The first kappa shape index (κ1) is 25.8. The predicted molar refractivity (Wildman–Crippen MR) is 145 cm³/mol. The third kappa shape index (κ3) is 5.69. The van der Waals surface area contributed by atoms with Crippen molar-refractivity contribution in [3.8, 4) is 0 Å². The quantitative estimate of drug-likeness (QED) is 0.209. The Labute approximate surface area is 226 Å². The van der Waals surface area contributed by atoms with Crippen molar-refractivity contribution in [2.45, 2.75) is 18.6 Å². The molecule has 0 radical (unpaired) electrons. The Morgan fingerprint density at radius 1 is 0.816 bits per heavy atom. The van der Waals surface area contributed by atoms with Crippen LogP contribution in [0.4, 0.5) is 18.9 Å².